The molecule has 1 nitrogen and oxygen atoms in total. The molecule has 1 atom stereocenters. The molecule has 1 aromatic carbocycles. The van der Waals surface area contributed by atoms with Crippen LogP contribution < -0.4 is 5.73 Å². The lowest BCUT2D eigenvalue weighted by atomic mass is 10.0. The van der Waals surface area contributed by atoms with E-state index in [1.54, 1.807) is 0 Å². The van der Waals surface area contributed by atoms with Crippen LogP contribution in [0.3, 0.4) is 0 Å². The summed E-state index contributed by atoms with van der Waals surface area (Å²) in [5, 5.41) is 0. The predicted molar refractivity (Wildman–Crippen MR) is 51.4 cm³/mol. The topological polar surface area (TPSA) is 26.0 Å². The molecular weight excluding hydrogens is 184 g/mol. The average molecular weight is 195 g/mol. The number of terminal acetylenes is 1. The molecule has 0 heterocycles. The molecule has 0 aliphatic carbocycles. The minimum Gasteiger partial charge on any atom is -0.324 e. The summed E-state index contributed by atoms with van der Waals surface area (Å²) in [5.74, 6) is 1.20. The molecule has 0 aliphatic rings. The lowest BCUT2D eigenvalue weighted by Gasteiger charge is -2.10. The highest BCUT2D eigenvalue weighted by Gasteiger charge is 2.08. The molecule has 0 bridgehead atoms. The quantitative estimate of drug-likeness (QED) is 0.736. The highest BCUT2D eigenvalue weighted by molar-refractivity contribution is 5.21. The van der Waals surface area contributed by atoms with E-state index in [1.807, 2.05) is 0 Å². The van der Waals surface area contributed by atoms with Crippen molar-refractivity contribution in [1.29, 1.82) is 0 Å². The average Bonchev–Trinajstić information content (AvgIpc) is 2.12. The van der Waals surface area contributed by atoms with Gasteiger partial charge in [-0.05, 0) is 24.1 Å². The smallest absolute Gasteiger partial charge is 0.126 e. The molecule has 74 valence electrons. The van der Waals surface area contributed by atoms with Gasteiger partial charge in [-0.25, -0.2) is 8.78 Å². The normalized spacial score (nSPS) is 12.1. The Morgan fingerprint density at radius 1 is 1.29 bits per heavy atom. The van der Waals surface area contributed by atoms with Gasteiger partial charge in [-0.2, -0.15) is 0 Å². The molecule has 0 radical (unpaired) electrons. The minimum atomic E-state index is -0.615. The number of halogens is 2. The third kappa shape index (κ3) is 2.82. The fraction of sp³-hybridized carbons (Fsp3) is 0.273. The molecule has 0 aromatic heterocycles. The number of rotatable bonds is 3. The lowest BCUT2D eigenvalue weighted by molar-refractivity contribution is 0.569. The highest BCUT2D eigenvalue weighted by atomic mass is 19.1. The van der Waals surface area contributed by atoms with E-state index in [-0.39, 0.29) is 0 Å². The Balaban J connectivity index is 2.79. The van der Waals surface area contributed by atoms with E-state index in [4.69, 9.17) is 12.2 Å². The standard InChI is InChI=1S/C11H11F2N/c1-2-3-4-11(14)8-5-9(12)7-10(13)6-8/h1,5-7,11H,3-4,14H2. The molecule has 0 saturated carbocycles. The second-order valence-electron chi connectivity index (χ2n) is 3.05. The SMILES string of the molecule is C#CCCC(N)c1cc(F)cc(F)c1. The number of nitrogens with two attached hydrogens (primary N) is 1. The molecule has 0 spiro atoms. The molecule has 1 rings (SSSR count). The third-order valence-corrected chi connectivity index (χ3v) is 1.91. The number of hydrogen-bond donors (Lipinski definition) is 1. The second-order valence-corrected chi connectivity index (χ2v) is 3.05. The summed E-state index contributed by atoms with van der Waals surface area (Å²) in [6.45, 7) is 0. The van der Waals surface area contributed by atoms with E-state index >= 15 is 0 Å². The highest BCUT2D eigenvalue weighted by Crippen LogP contribution is 2.17. The van der Waals surface area contributed by atoms with Crippen LogP contribution in [0.5, 0.6) is 0 Å². The fourth-order valence-corrected chi connectivity index (χ4v) is 1.19. The van der Waals surface area contributed by atoms with Crippen molar-refractivity contribution >= 4 is 0 Å². The van der Waals surface area contributed by atoms with Crippen LogP contribution in [-0.4, -0.2) is 0 Å². The minimum absolute atomic E-state index is 0.406. The Bertz CT molecular complexity index is 335. The van der Waals surface area contributed by atoms with Crippen LogP contribution in [0, 0.1) is 24.0 Å². The molecule has 0 aliphatic heterocycles. The van der Waals surface area contributed by atoms with E-state index < -0.39 is 17.7 Å². The predicted octanol–water partition coefficient (Wildman–Crippen LogP) is 2.38. The number of benzene rings is 1. The fourth-order valence-electron chi connectivity index (χ4n) is 1.19. The van der Waals surface area contributed by atoms with Gasteiger partial charge in [0.1, 0.15) is 11.6 Å². The summed E-state index contributed by atoms with van der Waals surface area (Å²) in [6, 6.07) is 2.86. The van der Waals surface area contributed by atoms with Gasteiger partial charge in [0.05, 0.1) is 0 Å². The van der Waals surface area contributed by atoms with E-state index in [0.717, 1.165) is 6.07 Å². The molecule has 1 unspecified atom stereocenters. The molecule has 0 saturated heterocycles. The summed E-state index contributed by atoms with van der Waals surface area (Å²) >= 11 is 0. The molecule has 0 amide bonds. The molecule has 3 heteroatoms. The van der Waals surface area contributed by atoms with Crippen molar-refractivity contribution in [2.24, 2.45) is 5.73 Å². The van der Waals surface area contributed by atoms with E-state index in [1.165, 1.54) is 12.1 Å². The van der Waals surface area contributed by atoms with Crippen molar-refractivity contribution in [3.8, 4) is 12.3 Å². The van der Waals surface area contributed by atoms with Gasteiger partial charge in [-0.1, -0.05) is 0 Å². The maximum absolute atomic E-state index is 12.8. The Morgan fingerprint density at radius 3 is 2.36 bits per heavy atom. The van der Waals surface area contributed by atoms with Gasteiger partial charge >= 0.3 is 0 Å². The summed E-state index contributed by atoms with van der Waals surface area (Å²) in [4.78, 5) is 0. The lowest BCUT2D eigenvalue weighted by Crippen LogP contribution is -2.10. The largest absolute Gasteiger partial charge is 0.324 e. The summed E-state index contributed by atoms with van der Waals surface area (Å²) in [7, 11) is 0. The van der Waals surface area contributed by atoms with E-state index in [2.05, 4.69) is 5.92 Å². The van der Waals surface area contributed by atoms with Crippen LogP contribution in [0.1, 0.15) is 24.4 Å². The van der Waals surface area contributed by atoms with E-state index in [0.29, 0.717) is 18.4 Å². The maximum atomic E-state index is 12.8. The van der Waals surface area contributed by atoms with Gasteiger partial charge in [0.15, 0.2) is 0 Å². The van der Waals surface area contributed by atoms with Crippen molar-refractivity contribution in [3.63, 3.8) is 0 Å². The van der Waals surface area contributed by atoms with Crippen molar-refractivity contribution in [3.05, 3.63) is 35.4 Å². The third-order valence-electron chi connectivity index (χ3n) is 1.91. The van der Waals surface area contributed by atoms with Gasteiger partial charge in [0.2, 0.25) is 0 Å². The first kappa shape index (κ1) is 10.7. The van der Waals surface area contributed by atoms with Gasteiger partial charge in [0.25, 0.3) is 0 Å². The van der Waals surface area contributed by atoms with Crippen molar-refractivity contribution in [1.82, 2.24) is 0 Å². The van der Waals surface area contributed by atoms with Gasteiger partial charge in [-0.15, -0.1) is 12.3 Å². The summed E-state index contributed by atoms with van der Waals surface area (Å²) < 4.78 is 25.5. The van der Waals surface area contributed by atoms with Crippen LogP contribution in [0.25, 0.3) is 0 Å². The molecular formula is C11H11F2N. The Hall–Kier alpha value is -1.40. The maximum Gasteiger partial charge on any atom is 0.126 e. The Labute approximate surface area is 81.9 Å². The summed E-state index contributed by atoms with van der Waals surface area (Å²) in [5.41, 5.74) is 6.13. The van der Waals surface area contributed by atoms with Crippen molar-refractivity contribution in [2.45, 2.75) is 18.9 Å². The van der Waals surface area contributed by atoms with Crippen LogP contribution >= 0.6 is 0 Å². The zero-order valence-corrected chi connectivity index (χ0v) is 7.63. The molecule has 2 N–H and O–H groups in total. The van der Waals surface area contributed by atoms with Gasteiger partial charge in [0, 0.05) is 18.5 Å². The van der Waals surface area contributed by atoms with Crippen LogP contribution in [0.15, 0.2) is 18.2 Å². The Kier molecular flexibility index (Phi) is 3.61. The second kappa shape index (κ2) is 4.73. The van der Waals surface area contributed by atoms with Gasteiger partial charge in [-0.3, -0.25) is 0 Å². The van der Waals surface area contributed by atoms with E-state index in [9.17, 15) is 8.78 Å². The first-order valence-corrected chi connectivity index (χ1v) is 4.28. The zero-order chi connectivity index (χ0) is 10.6. The van der Waals surface area contributed by atoms with Crippen LogP contribution in [-0.2, 0) is 0 Å². The van der Waals surface area contributed by atoms with Crippen LogP contribution in [0.4, 0.5) is 8.78 Å². The zero-order valence-electron chi connectivity index (χ0n) is 7.63. The van der Waals surface area contributed by atoms with Crippen LogP contribution in [0.2, 0.25) is 0 Å². The Morgan fingerprint density at radius 2 is 1.86 bits per heavy atom. The monoisotopic (exact) mass is 195 g/mol. The first-order chi connectivity index (χ1) is 6.63. The van der Waals surface area contributed by atoms with Gasteiger partial charge < -0.3 is 5.73 Å². The summed E-state index contributed by atoms with van der Waals surface area (Å²) in [6.07, 6.45) is 6.09. The molecule has 0 fully saturated rings. The first-order valence-electron chi connectivity index (χ1n) is 4.28. The molecule has 1 aromatic rings. The molecule has 14 heavy (non-hydrogen) atoms. The number of hydrogen-bond acceptors (Lipinski definition) is 1. The van der Waals surface area contributed by atoms with Crippen molar-refractivity contribution < 1.29 is 8.78 Å². The van der Waals surface area contributed by atoms with Crippen molar-refractivity contribution in [2.75, 3.05) is 0 Å².